The minimum absolute atomic E-state index is 0.0874. The van der Waals surface area contributed by atoms with Gasteiger partial charge in [-0.2, -0.15) is 0 Å². The van der Waals surface area contributed by atoms with Crippen LogP contribution in [0.1, 0.15) is 16.8 Å². The lowest BCUT2D eigenvalue weighted by molar-refractivity contribution is 0.0724. The average Bonchev–Trinajstić information content (AvgIpc) is 2.80. The van der Waals surface area contributed by atoms with Gasteiger partial charge < -0.3 is 9.64 Å². The van der Waals surface area contributed by atoms with Crippen molar-refractivity contribution in [3.63, 3.8) is 0 Å². The zero-order chi connectivity index (χ0) is 12.4. The Kier molecular flexibility index (Phi) is 3.86. The molecule has 0 saturated carbocycles. The van der Waals surface area contributed by atoms with Crippen LogP contribution in [0.25, 0.3) is 0 Å². The van der Waals surface area contributed by atoms with Crippen LogP contribution in [0.5, 0.6) is 0 Å². The molecule has 0 N–H and O–H groups in total. The van der Waals surface area contributed by atoms with Crippen molar-refractivity contribution in [2.45, 2.75) is 12.5 Å². The van der Waals surface area contributed by atoms with E-state index in [2.05, 4.69) is 4.98 Å². The van der Waals surface area contributed by atoms with Crippen molar-refractivity contribution in [3.05, 3.63) is 28.0 Å². The Hall–Kier alpha value is -0.840. The molecular formula is C11H12Cl2N2O2. The van der Waals surface area contributed by atoms with Crippen molar-refractivity contribution in [1.82, 2.24) is 9.88 Å². The number of pyridine rings is 1. The Balaban J connectivity index is 2.12. The van der Waals surface area contributed by atoms with Crippen molar-refractivity contribution < 1.29 is 9.53 Å². The first-order valence-electron chi connectivity index (χ1n) is 5.25. The number of ether oxygens (including phenoxy) is 1. The Labute approximate surface area is 109 Å². The summed E-state index contributed by atoms with van der Waals surface area (Å²) in [6.07, 6.45) is 2.42. The Morgan fingerprint density at radius 3 is 2.94 bits per heavy atom. The van der Waals surface area contributed by atoms with Crippen molar-refractivity contribution in [2.24, 2.45) is 0 Å². The van der Waals surface area contributed by atoms with Gasteiger partial charge in [0, 0.05) is 26.4 Å². The second kappa shape index (κ2) is 5.21. The number of rotatable bonds is 2. The van der Waals surface area contributed by atoms with Gasteiger partial charge in [0.1, 0.15) is 5.15 Å². The second-order valence-electron chi connectivity index (χ2n) is 3.89. The fourth-order valence-electron chi connectivity index (χ4n) is 1.83. The number of methoxy groups -OCH3 is 1. The highest BCUT2D eigenvalue weighted by Gasteiger charge is 2.27. The zero-order valence-corrected chi connectivity index (χ0v) is 10.8. The molecule has 0 bridgehead atoms. The Morgan fingerprint density at radius 1 is 1.59 bits per heavy atom. The molecular weight excluding hydrogens is 263 g/mol. The molecule has 1 atom stereocenters. The predicted octanol–water partition coefficient (Wildman–Crippen LogP) is 2.25. The van der Waals surface area contributed by atoms with E-state index < -0.39 is 0 Å². The van der Waals surface area contributed by atoms with E-state index in [1.54, 1.807) is 18.1 Å². The molecule has 17 heavy (non-hydrogen) atoms. The van der Waals surface area contributed by atoms with Gasteiger partial charge in [-0.3, -0.25) is 4.79 Å². The molecule has 0 aliphatic carbocycles. The smallest absolute Gasteiger partial charge is 0.255 e. The highest BCUT2D eigenvalue weighted by Crippen LogP contribution is 2.22. The molecule has 2 heterocycles. The second-order valence-corrected chi connectivity index (χ2v) is 4.66. The van der Waals surface area contributed by atoms with Crippen LogP contribution in [0, 0.1) is 0 Å². The number of carbonyl (C=O) groups excluding carboxylic acids is 1. The van der Waals surface area contributed by atoms with E-state index in [1.807, 2.05) is 0 Å². The lowest BCUT2D eigenvalue weighted by Gasteiger charge is -2.16. The van der Waals surface area contributed by atoms with E-state index in [0.717, 1.165) is 6.42 Å². The van der Waals surface area contributed by atoms with Crippen LogP contribution in [0.4, 0.5) is 0 Å². The largest absolute Gasteiger partial charge is 0.380 e. The van der Waals surface area contributed by atoms with E-state index >= 15 is 0 Å². The van der Waals surface area contributed by atoms with Crippen molar-refractivity contribution in [3.8, 4) is 0 Å². The third kappa shape index (κ3) is 2.70. The molecule has 1 aromatic heterocycles. The first-order valence-corrected chi connectivity index (χ1v) is 6.00. The number of amides is 1. The number of hydrogen-bond acceptors (Lipinski definition) is 3. The minimum atomic E-state index is -0.0874. The highest BCUT2D eigenvalue weighted by atomic mass is 35.5. The van der Waals surface area contributed by atoms with Crippen LogP contribution in [-0.4, -0.2) is 42.1 Å². The summed E-state index contributed by atoms with van der Waals surface area (Å²) in [5.41, 5.74) is 0.455. The number of hydrogen-bond donors (Lipinski definition) is 0. The van der Waals surface area contributed by atoms with E-state index in [1.165, 1.54) is 6.20 Å². The van der Waals surface area contributed by atoms with Gasteiger partial charge in [0.15, 0.2) is 0 Å². The normalized spacial score (nSPS) is 19.7. The van der Waals surface area contributed by atoms with Crippen LogP contribution in [-0.2, 0) is 4.74 Å². The number of likely N-dealkylation sites (tertiary alicyclic amines) is 1. The molecule has 4 nitrogen and oxygen atoms in total. The minimum Gasteiger partial charge on any atom is -0.380 e. The third-order valence-electron chi connectivity index (χ3n) is 2.81. The zero-order valence-electron chi connectivity index (χ0n) is 9.32. The van der Waals surface area contributed by atoms with Crippen LogP contribution < -0.4 is 0 Å². The maximum atomic E-state index is 12.1. The molecule has 1 saturated heterocycles. The lowest BCUT2D eigenvalue weighted by atomic mass is 10.2. The molecule has 1 aliphatic rings. The van der Waals surface area contributed by atoms with Crippen LogP contribution in [0.3, 0.4) is 0 Å². The molecule has 0 aromatic carbocycles. The van der Waals surface area contributed by atoms with Crippen LogP contribution >= 0.6 is 23.2 Å². The van der Waals surface area contributed by atoms with Gasteiger partial charge in [-0.25, -0.2) is 4.98 Å². The number of halogens is 2. The maximum Gasteiger partial charge on any atom is 0.255 e. The van der Waals surface area contributed by atoms with E-state index in [9.17, 15) is 4.79 Å². The average molecular weight is 275 g/mol. The fraction of sp³-hybridized carbons (Fsp3) is 0.455. The molecule has 2 rings (SSSR count). The monoisotopic (exact) mass is 274 g/mol. The van der Waals surface area contributed by atoms with Gasteiger partial charge in [-0.05, 0) is 12.5 Å². The summed E-state index contributed by atoms with van der Waals surface area (Å²) >= 11 is 11.5. The van der Waals surface area contributed by atoms with Crippen LogP contribution in [0.15, 0.2) is 12.3 Å². The summed E-state index contributed by atoms with van der Waals surface area (Å²) < 4.78 is 5.21. The fourth-order valence-corrected chi connectivity index (χ4v) is 2.10. The Morgan fingerprint density at radius 2 is 2.35 bits per heavy atom. The molecule has 1 fully saturated rings. The van der Waals surface area contributed by atoms with Gasteiger partial charge in [0.2, 0.25) is 0 Å². The number of aromatic nitrogens is 1. The third-order valence-corrected chi connectivity index (χ3v) is 3.49. The standard InChI is InChI=1S/C11H12Cl2N2O2/c1-17-8-2-3-15(6-8)11(16)7-4-9(12)10(13)14-5-7/h4-5,8H,2-3,6H2,1H3. The molecule has 1 amide bonds. The molecule has 1 unspecified atom stereocenters. The molecule has 1 aromatic rings. The number of nitrogens with zero attached hydrogens (tertiary/aromatic N) is 2. The van der Waals surface area contributed by atoms with E-state index in [0.29, 0.717) is 23.7 Å². The first kappa shape index (κ1) is 12.6. The maximum absolute atomic E-state index is 12.1. The number of carbonyl (C=O) groups is 1. The van der Waals surface area contributed by atoms with Gasteiger partial charge in [-0.15, -0.1) is 0 Å². The summed E-state index contributed by atoms with van der Waals surface area (Å²) in [5, 5.41) is 0.499. The molecule has 0 spiro atoms. The van der Waals surface area contributed by atoms with Crippen molar-refractivity contribution >= 4 is 29.1 Å². The summed E-state index contributed by atoms with van der Waals surface area (Å²) in [6, 6.07) is 1.54. The van der Waals surface area contributed by atoms with Crippen molar-refractivity contribution in [2.75, 3.05) is 20.2 Å². The predicted molar refractivity (Wildman–Crippen MR) is 65.6 cm³/mol. The summed E-state index contributed by atoms with van der Waals surface area (Å²) in [4.78, 5) is 17.7. The van der Waals surface area contributed by atoms with Gasteiger partial charge in [0.25, 0.3) is 5.91 Å². The highest BCUT2D eigenvalue weighted by molar-refractivity contribution is 6.41. The van der Waals surface area contributed by atoms with Crippen molar-refractivity contribution in [1.29, 1.82) is 0 Å². The molecule has 92 valence electrons. The molecule has 0 radical (unpaired) electrons. The molecule has 1 aliphatic heterocycles. The summed E-state index contributed by atoms with van der Waals surface area (Å²) in [6.45, 7) is 1.30. The molecule has 6 heteroatoms. The van der Waals surface area contributed by atoms with E-state index in [-0.39, 0.29) is 17.2 Å². The Bertz CT molecular complexity index is 439. The lowest BCUT2D eigenvalue weighted by Crippen LogP contribution is -2.30. The van der Waals surface area contributed by atoms with Gasteiger partial charge in [0.05, 0.1) is 16.7 Å². The first-order chi connectivity index (χ1) is 8.11. The summed E-state index contributed by atoms with van der Waals surface area (Å²) in [7, 11) is 1.65. The van der Waals surface area contributed by atoms with Gasteiger partial charge >= 0.3 is 0 Å². The summed E-state index contributed by atoms with van der Waals surface area (Å²) in [5.74, 6) is -0.0874. The SMILES string of the molecule is COC1CCN(C(=O)c2cnc(Cl)c(Cl)c2)C1. The van der Waals surface area contributed by atoms with E-state index in [4.69, 9.17) is 27.9 Å². The van der Waals surface area contributed by atoms with Gasteiger partial charge in [-0.1, -0.05) is 23.2 Å². The van der Waals surface area contributed by atoms with Crippen LogP contribution in [0.2, 0.25) is 10.2 Å². The quantitative estimate of drug-likeness (QED) is 0.777. The topological polar surface area (TPSA) is 42.4 Å².